The predicted molar refractivity (Wildman–Crippen MR) is 233 cm³/mol. The lowest BCUT2D eigenvalue weighted by atomic mass is 9.70. The zero-order chi connectivity index (χ0) is 37.6. The molecule has 0 saturated carbocycles. The zero-order valence-corrected chi connectivity index (χ0v) is 32.2. The van der Waals surface area contributed by atoms with Gasteiger partial charge in [0, 0.05) is 16.4 Å². The Morgan fingerprint density at radius 2 is 0.607 bits per heavy atom. The normalized spacial score (nSPS) is 15.9. The van der Waals surface area contributed by atoms with Gasteiger partial charge in [0.15, 0.2) is 0 Å². The van der Waals surface area contributed by atoms with Gasteiger partial charge in [-0.15, -0.1) is 0 Å². The predicted octanol–water partition coefficient (Wildman–Crippen LogP) is 14.1. The summed E-state index contributed by atoms with van der Waals surface area (Å²) in [6.07, 6.45) is 0. The Bertz CT molecular complexity index is 2840. The van der Waals surface area contributed by atoms with E-state index in [1.54, 1.807) is 0 Å². The molecule has 0 aromatic heterocycles. The average Bonchev–Trinajstić information content (AvgIpc) is 3.87. The maximum Gasteiger partial charge on any atom is 0.0726 e. The number of benzene rings is 8. The summed E-state index contributed by atoms with van der Waals surface area (Å²) < 4.78 is 0. The van der Waals surface area contributed by atoms with Crippen molar-refractivity contribution in [3.63, 3.8) is 0 Å². The monoisotopic (exact) mass is 715 g/mol. The molecule has 0 amide bonds. The maximum absolute atomic E-state index is 2.67. The molecule has 0 radical (unpaired) electrons. The van der Waals surface area contributed by atoms with Crippen molar-refractivity contribution < 1.29 is 0 Å². The molecule has 1 spiro atoms. The highest BCUT2D eigenvalue weighted by Crippen LogP contribution is 2.66. The summed E-state index contributed by atoms with van der Waals surface area (Å²) in [7, 11) is 0. The quantitative estimate of drug-likeness (QED) is 0.176. The van der Waals surface area contributed by atoms with E-state index in [9.17, 15) is 0 Å². The average molecular weight is 716 g/mol. The molecule has 0 fully saturated rings. The van der Waals surface area contributed by atoms with E-state index in [1.807, 2.05) is 0 Å². The first-order chi connectivity index (χ1) is 27.3. The molecule has 8 aromatic rings. The van der Waals surface area contributed by atoms with Gasteiger partial charge in [-0.05, 0) is 102 Å². The lowest BCUT2D eigenvalue weighted by Crippen LogP contribution is -2.26. The van der Waals surface area contributed by atoms with Gasteiger partial charge in [-0.2, -0.15) is 0 Å². The summed E-state index contributed by atoms with van der Waals surface area (Å²) in [4.78, 5) is 2.67. The van der Waals surface area contributed by atoms with Crippen molar-refractivity contribution in [3.8, 4) is 44.5 Å². The minimum absolute atomic E-state index is 0.211. The van der Waals surface area contributed by atoms with E-state index in [-0.39, 0.29) is 10.8 Å². The summed E-state index contributed by atoms with van der Waals surface area (Å²) >= 11 is 0. The van der Waals surface area contributed by atoms with Gasteiger partial charge in [0.05, 0.1) is 22.5 Å². The van der Waals surface area contributed by atoms with Gasteiger partial charge in [-0.1, -0.05) is 185 Å². The lowest BCUT2D eigenvalue weighted by molar-refractivity contribution is 0.656. The molecule has 1 nitrogen and oxygen atoms in total. The molecule has 56 heavy (non-hydrogen) atoms. The van der Waals surface area contributed by atoms with E-state index in [0.29, 0.717) is 0 Å². The second-order valence-corrected chi connectivity index (χ2v) is 17.2. The number of nitrogens with zero attached hydrogens (tertiary/aromatic N) is 1. The third kappa shape index (κ3) is 3.72. The Morgan fingerprint density at radius 3 is 1.09 bits per heavy atom. The van der Waals surface area contributed by atoms with E-state index in [4.69, 9.17) is 0 Å². The Kier molecular flexibility index (Phi) is 6.18. The van der Waals surface area contributed by atoms with Gasteiger partial charge in [0.25, 0.3) is 0 Å². The zero-order valence-electron chi connectivity index (χ0n) is 32.2. The van der Waals surface area contributed by atoms with Crippen molar-refractivity contribution in [1.29, 1.82) is 0 Å². The smallest absolute Gasteiger partial charge is 0.0726 e. The van der Waals surface area contributed by atoms with Gasteiger partial charge in [-0.25, -0.2) is 0 Å². The fourth-order valence-corrected chi connectivity index (χ4v) is 11.7. The number of hydrogen-bond acceptors (Lipinski definition) is 1. The highest BCUT2D eigenvalue weighted by molar-refractivity contribution is 6.03. The lowest BCUT2D eigenvalue weighted by Gasteiger charge is -2.37. The Hall–Kier alpha value is -6.44. The molecule has 8 aromatic carbocycles. The standard InChI is InChI=1S/C55H41N/c1-53(2)41-25-10-5-20-36(41)38-23-15-32-48(51(38)53)56(49-33-16-24-39-37-21-6-11-26-42(37)54(3,4)52(39)49)47-31-17-30-46-50(47)40-22-9-14-29-45(40)55(46)43-27-12-7-18-34(43)35-19-8-13-28-44(35)55/h5-33H,1-4H3. The second-order valence-electron chi connectivity index (χ2n) is 17.2. The third-order valence-corrected chi connectivity index (χ3v) is 13.8. The summed E-state index contributed by atoms with van der Waals surface area (Å²) in [5.41, 5.74) is 24.4. The van der Waals surface area contributed by atoms with E-state index in [0.717, 1.165) is 0 Å². The molecule has 266 valence electrons. The van der Waals surface area contributed by atoms with Gasteiger partial charge in [0.1, 0.15) is 0 Å². The highest BCUT2D eigenvalue weighted by atomic mass is 15.2. The largest absolute Gasteiger partial charge is 0.309 e. The Balaban J connectivity index is 1.22. The minimum Gasteiger partial charge on any atom is -0.309 e. The third-order valence-electron chi connectivity index (χ3n) is 13.8. The second kappa shape index (κ2) is 10.9. The van der Waals surface area contributed by atoms with Gasteiger partial charge in [0.2, 0.25) is 0 Å². The minimum atomic E-state index is -0.428. The van der Waals surface area contributed by atoms with Crippen LogP contribution in [-0.4, -0.2) is 0 Å². The maximum atomic E-state index is 2.67. The summed E-state index contributed by atoms with van der Waals surface area (Å²) in [6.45, 7) is 9.67. The molecule has 1 heteroatoms. The summed E-state index contributed by atoms with van der Waals surface area (Å²) in [5.74, 6) is 0. The van der Waals surface area contributed by atoms with Crippen LogP contribution in [0.5, 0.6) is 0 Å². The number of hydrogen-bond donors (Lipinski definition) is 0. The molecule has 0 unspecified atom stereocenters. The molecule has 12 rings (SSSR count). The van der Waals surface area contributed by atoms with Crippen LogP contribution in [0.4, 0.5) is 17.1 Å². The molecule has 0 N–H and O–H groups in total. The molecule has 0 saturated heterocycles. The summed E-state index contributed by atoms with van der Waals surface area (Å²) in [5, 5.41) is 0. The fourth-order valence-electron chi connectivity index (χ4n) is 11.7. The van der Waals surface area contributed by atoms with Crippen LogP contribution in [0.25, 0.3) is 44.5 Å². The molecule has 4 aliphatic carbocycles. The summed E-state index contributed by atoms with van der Waals surface area (Å²) in [6, 6.07) is 66.7. The SMILES string of the molecule is CC1(C)c2ccccc2-c2cccc(N(c3cccc4c3-c3ccccc3C43c4ccccc4-c4ccccc43)c3cccc4c3C(C)(C)c3ccccc3-4)c21. The van der Waals surface area contributed by atoms with Crippen LogP contribution in [0.3, 0.4) is 0 Å². The van der Waals surface area contributed by atoms with Crippen LogP contribution in [0.2, 0.25) is 0 Å². The van der Waals surface area contributed by atoms with Crippen LogP contribution in [0.15, 0.2) is 176 Å². The molecule has 4 aliphatic rings. The van der Waals surface area contributed by atoms with Crippen LogP contribution < -0.4 is 4.90 Å². The van der Waals surface area contributed by atoms with Crippen molar-refractivity contribution in [2.45, 2.75) is 43.9 Å². The van der Waals surface area contributed by atoms with Crippen molar-refractivity contribution in [2.75, 3.05) is 4.90 Å². The molecule has 0 aliphatic heterocycles. The van der Waals surface area contributed by atoms with Crippen molar-refractivity contribution in [3.05, 3.63) is 220 Å². The molecular formula is C55H41N. The molecule has 0 bridgehead atoms. The van der Waals surface area contributed by atoms with E-state index < -0.39 is 5.41 Å². The first-order valence-electron chi connectivity index (χ1n) is 20.0. The Morgan fingerprint density at radius 1 is 0.286 bits per heavy atom. The van der Waals surface area contributed by atoms with Crippen molar-refractivity contribution in [1.82, 2.24) is 0 Å². The van der Waals surface area contributed by atoms with Crippen LogP contribution in [-0.2, 0) is 16.2 Å². The fraction of sp³-hybridized carbons (Fsp3) is 0.127. The first kappa shape index (κ1) is 31.9. The van der Waals surface area contributed by atoms with Crippen LogP contribution >= 0.6 is 0 Å². The van der Waals surface area contributed by atoms with Crippen LogP contribution in [0.1, 0.15) is 72.2 Å². The molecule has 0 heterocycles. The van der Waals surface area contributed by atoms with Gasteiger partial charge >= 0.3 is 0 Å². The highest BCUT2D eigenvalue weighted by Gasteiger charge is 2.53. The number of anilines is 3. The topological polar surface area (TPSA) is 3.24 Å². The molecular weight excluding hydrogens is 675 g/mol. The van der Waals surface area contributed by atoms with Crippen LogP contribution in [0, 0.1) is 0 Å². The van der Waals surface area contributed by atoms with Gasteiger partial charge in [-0.3, -0.25) is 0 Å². The van der Waals surface area contributed by atoms with E-state index in [1.165, 1.54) is 106 Å². The number of rotatable bonds is 3. The Labute approximate surface area is 329 Å². The van der Waals surface area contributed by atoms with Crippen molar-refractivity contribution >= 4 is 17.1 Å². The first-order valence-corrected chi connectivity index (χ1v) is 20.0. The molecule has 0 atom stereocenters. The van der Waals surface area contributed by atoms with E-state index >= 15 is 0 Å². The van der Waals surface area contributed by atoms with E-state index in [2.05, 4.69) is 209 Å². The van der Waals surface area contributed by atoms with Gasteiger partial charge < -0.3 is 4.90 Å². The van der Waals surface area contributed by atoms with Crippen molar-refractivity contribution in [2.24, 2.45) is 0 Å². The number of fused-ring (bicyclic) bond motifs is 16.